The average molecular weight is 280 g/mol. The first-order chi connectivity index (χ1) is 9.31. The molecule has 104 valence electrons. The fourth-order valence-corrected chi connectivity index (χ4v) is 4.13. The van der Waals surface area contributed by atoms with Crippen molar-refractivity contribution in [2.24, 2.45) is 5.92 Å². The van der Waals surface area contributed by atoms with E-state index in [1.54, 1.807) is 0 Å². The molecule has 1 aromatic carbocycles. The summed E-state index contributed by atoms with van der Waals surface area (Å²) in [6, 6.07) is 6.66. The van der Waals surface area contributed by atoms with Crippen LogP contribution >= 0.6 is 11.6 Å². The Morgan fingerprint density at radius 2 is 1.95 bits per heavy atom. The van der Waals surface area contributed by atoms with Crippen LogP contribution in [0.2, 0.25) is 5.02 Å². The van der Waals surface area contributed by atoms with Gasteiger partial charge in [0.25, 0.3) is 0 Å². The number of halogens is 1. The van der Waals surface area contributed by atoms with E-state index in [1.165, 1.54) is 38.5 Å². The van der Waals surface area contributed by atoms with E-state index in [-0.39, 0.29) is 6.61 Å². The number of rotatable bonds is 2. The normalized spacial score (nSPS) is 27.2. The van der Waals surface area contributed by atoms with Crippen LogP contribution in [0.5, 0.6) is 0 Å². The highest BCUT2D eigenvalue weighted by atomic mass is 35.5. The lowest BCUT2D eigenvalue weighted by molar-refractivity contribution is 0.241. The molecule has 0 radical (unpaired) electrons. The van der Waals surface area contributed by atoms with Crippen molar-refractivity contribution < 1.29 is 5.11 Å². The van der Waals surface area contributed by atoms with Crippen molar-refractivity contribution in [2.75, 3.05) is 11.4 Å². The Kier molecular flexibility index (Phi) is 3.99. The first-order valence-corrected chi connectivity index (χ1v) is 7.84. The van der Waals surface area contributed by atoms with Gasteiger partial charge in [-0.25, -0.2) is 0 Å². The average Bonchev–Trinajstić information content (AvgIpc) is 2.46. The third-order valence-corrected chi connectivity index (χ3v) is 5.16. The molecule has 0 bridgehead atoms. The summed E-state index contributed by atoms with van der Waals surface area (Å²) in [5.41, 5.74) is 2.06. The first kappa shape index (κ1) is 13.3. The first-order valence-electron chi connectivity index (χ1n) is 7.46. The van der Waals surface area contributed by atoms with Crippen LogP contribution in [0.25, 0.3) is 0 Å². The molecule has 1 aliphatic heterocycles. The minimum Gasteiger partial charge on any atom is -0.392 e. The van der Waals surface area contributed by atoms with Gasteiger partial charge in [0, 0.05) is 28.9 Å². The third kappa shape index (κ3) is 2.48. The topological polar surface area (TPSA) is 23.5 Å². The number of aliphatic hydroxyl groups is 1. The summed E-state index contributed by atoms with van der Waals surface area (Å²) in [5, 5.41) is 10.3. The quantitative estimate of drug-likeness (QED) is 0.885. The molecular weight excluding hydrogens is 258 g/mol. The van der Waals surface area contributed by atoms with Gasteiger partial charge in [0.2, 0.25) is 0 Å². The van der Waals surface area contributed by atoms with Crippen molar-refractivity contribution >= 4 is 17.3 Å². The smallest absolute Gasteiger partial charge is 0.0716 e. The van der Waals surface area contributed by atoms with Crippen molar-refractivity contribution in [3.05, 3.63) is 28.8 Å². The van der Waals surface area contributed by atoms with Crippen LogP contribution in [0, 0.1) is 5.92 Å². The summed E-state index contributed by atoms with van der Waals surface area (Å²) < 4.78 is 0. The Bertz CT molecular complexity index is 446. The van der Waals surface area contributed by atoms with Gasteiger partial charge in [-0.1, -0.05) is 30.5 Å². The van der Waals surface area contributed by atoms with Gasteiger partial charge < -0.3 is 10.0 Å². The number of benzene rings is 1. The fourth-order valence-electron chi connectivity index (χ4n) is 3.90. The molecule has 0 amide bonds. The van der Waals surface area contributed by atoms with E-state index in [9.17, 15) is 5.11 Å². The minimum absolute atomic E-state index is 0.0306. The monoisotopic (exact) mass is 279 g/mol. The fraction of sp³-hybridized carbons (Fsp3) is 0.625. The zero-order valence-corrected chi connectivity index (χ0v) is 12.1. The Morgan fingerprint density at radius 3 is 2.79 bits per heavy atom. The lowest BCUT2D eigenvalue weighted by atomic mass is 9.78. The molecule has 1 saturated carbocycles. The van der Waals surface area contributed by atoms with Crippen molar-refractivity contribution in [3.63, 3.8) is 0 Å². The predicted molar refractivity (Wildman–Crippen MR) is 79.7 cm³/mol. The van der Waals surface area contributed by atoms with Gasteiger partial charge in [-0.3, -0.25) is 0 Å². The van der Waals surface area contributed by atoms with Crippen LogP contribution in [-0.4, -0.2) is 17.7 Å². The molecule has 2 aliphatic rings. The molecule has 19 heavy (non-hydrogen) atoms. The van der Waals surface area contributed by atoms with Gasteiger partial charge in [0.1, 0.15) is 0 Å². The molecule has 1 saturated heterocycles. The highest BCUT2D eigenvalue weighted by Gasteiger charge is 2.34. The van der Waals surface area contributed by atoms with E-state index in [2.05, 4.69) is 11.0 Å². The SMILES string of the molecule is OCc1c(Cl)cccc1N1CCCC2CCCCC21. The van der Waals surface area contributed by atoms with Crippen molar-refractivity contribution in [2.45, 2.75) is 51.2 Å². The zero-order chi connectivity index (χ0) is 13.2. The summed E-state index contributed by atoms with van der Waals surface area (Å²) in [6.45, 7) is 1.14. The second-order valence-electron chi connectivity index (χ2n) is 5.84. The molecule has 2 atom stereocenters. The molecule has 1 N–H and O–H groups in total. The maximum absolute atomic E-state index is 9.61. The van der Waals surface area contributed by atoms with Gasteiger partial charge in [0.15, 0.2) is 0 Å². The van der Waals surface area contributed by atoms with E-state index >= 15 is 0 Å². The molecule has 2 unspecified atom stereocenters. The molecular formula is C16H22ClNO. The van der Waals surface area contributed by atoms with E-state index < -0.39 is 0 Å². The second-order valence-corrected chi connectivity index (χ2v) is 6.25. The Balaban J connectivity index is 1.94. The Morgan fingerprint density at radius 1 is 1.16 bits per heavy atom. The minimum atomic E-state index is 0.0306. The summed E-state index contributed by atoms with van der Waals surface area (Å²) in [7, 11) is 0. The van der Waals surface area contributed by atoms with E-state index in [4.69, 9.17) is 11.6 Å². The predicted octanol–water partition coefficient (Wildman–Crippen LogP) is 3.99. The van der Waals surface area contributed by atoms with Crippen molar-refractivity contribution in [1.29, 1.82) is 0 Å². The lowest BCUT2D eigenvalue weighted by Crippen LogP contribution is -2.47. The molecule has 3 heteroatoms. The van der Waals surface area contributed by atoms with Crippen molar-refractivity contribution in [3.8, 4) is 0 Å². The van der Waals surface area contributed by atoms with Crippen LogP contribution in [0.4, 0.5) is 5.69 Å². The number of nitrogens with zero attached hydrogens (tertiary/aromatic N) is 1. The zero-order valence-electron chi connectivity index (χ0n) is 11.3. The van der Waals surface area contributed by atoms with Gasteiger partial charge in [-0.2, -0.15) is 0 Å². The summed E-state index contributed by atoms with van der Waals surface area (Å²) in [6.07, 6.45) is 8.02. The number of aliphatic hydroxyl groups excluding tert-OH is 1. The molecule has 3 rings (SSSR count). The maximum Gasteiger partial charge on any atom is 0.0716 e. The molecule has 1 aromatic rings. The largest absolute Gasteiger partial charge is 0.392 e. The molecule has 0 aromatic heterocycles. The Labute approximate surface area is 120 Å². The van der Waals surface area contributed by atoms with Gasteiger partial charge >= 0.3 is 0 Å². The molecule has 1 aliphatic carbocycles. The van der Waals surface area contributed by atoms with Crippen LogP contribution in [0.3, 0.4) is 0 Å². The van der Waals surface area contributed by atoms with Crippen LogP contribution in [0.1, 0.15) is 44.1 Å². The van der Waals surface area contributed by atoms with E-state index in [0.717, 1.165) is 23.7 Å². The lowest BCUT2D eigenvalue weighted by Gasteiger charge is -2.46. The summed E-state index contributed by atoms with van der Waals surface area (Å²) >= 11 is 6.24. The number of piperidine rings is 1. The number of hydrogen-bond donors (Lipinski definition) is 1. The summed E-state index contributed by atoms with van der Waals surface area (Å²) in [4.78, 5) is 2.52. The highest BCUT2D eigenvalue weighted by Crippen LogP contribution is 2.39. The van der Waals surface area contributed by atoms with Crippen molar-refractivity contribution in [1.82, 2.24) is 0 Å². The van der Waals surface area contributed by atoms with Crippen LogP contribution < -0.4 is 4.90 Å². The summed E-state index contributed by atoms with van der Waals surface area (Å²) in [5.74, 6) is 0.841. The highest BCUT2D eigenvalue weighted by molar-refractivity contribution is 6.31. The van der Waals surface area contributed by atoms with E-state index in [0.29, 0.717) is 11.1 Å². The maximum atomic E-state index is 9.61. The Hall–Kier alpha value is -0.730. The van der Waals surface area contributed by atoms with E-state index in [1.807, 2.05) is 12.1 Å². The van der Waals surface area contributed by atoms with Crippen LogP contribution in [0.15, 0.2) is 18.2 Å². The van der Waals surface area contributed by atoms with Gasteiger partial charge in [-0.15, -0.1) is 0 Å². The van der Waals surface area contributed by atoms with Crippen LogP contribution in [-0.2, 0) is 6.61 Å². The van der Waals surface area contributed by atoms with Gasteiger partial charge in [-0.05, 0) is 43.7 Å². The molecule has 0 spiro atoms. The molecule has 2 nitrogen and oxygen atoms in total. The number of hydrogen-bond acceptors (Lipinski definition) is 2. The number of fused-ring (bicyclic) bond motifs is 1. The third-order valence-electron chi connectivity index (χ3n) is 4.80. The molecule has 1 heterocycles. The standard InChI is InChI=1S/C16H22ClNO/c17-14-7-3-9-16(13(14)11-19)18-10-4-6-12-5-1-2-8-15(12)18/h3,7,9,12,15,19H,1-2,4-6,8,10-11H2. The van der Waals surface area contributed by atoms with Gasteiger partial charge in [0.05, 0.1) is 6.61 Å². The number of anilines is 1. The molecule has 2 fully saturated rings. The second kappa shape index (κ2) is 5.72.